The molecule has 1 N–H and O–H groups in total. The zero-order chi connectivity index (χ0) is 13.6. The van der Waals surface area contributed by atoms with Crippen LogP contribution in [0.15, 0.2) is 35.1 Å². The average molecular weight is 295 g/mol. The Kier molecular flexibility index (Phi) is 2.72. The lowest BCUT2D eigenvalue weighted by molar-refractivity contribution is 0.0702. The number of carbonyl (C=O) groups is 1. The largest absolute Gasteiger partial charge is 0.477 e. The molecule has 0 unspecified atom stereocenters. The number of thiazole rings is 1. The predicted octanol–water partition coefficient (Wildman–Crippen LogP) is 2.95. The summed E-state index contributed by atoms with van der Waals surface area (Å²) in [6.45, 7) is 0. The summed E-state index contributed by atoms with van der Waals surface area (Å²) in [6, 6.07) is 6.98. The van der Waals surface area contributed by atoms with E-state index in [0.29, 0.717) is 15.2 Å². The maximum absolute atomic E-state index is 12.9. The molecule has 0 fully saturated rings. The Bertz CT molecular complexity index is 829. The number of carboxylic acids is 1. The lowest BCUT2D eigenvalue weighted by Crippen LogP contribution is -2.09. The molecule has 0 spiro atoms. The number of thiophene rings is 1. The lowest BCUT2D eigenvalue weighted by Gasteiger charge is -2.01. The SMILES string of the molecule is O=C(O)c1cc2sc(=O)n(-c3ccc(F)cc3)c2s1. The summed E-state index contributed by atoms with van der Waals surface area (Å²) in [4.78, 5) is 23.4. The van der Waals surface area contributed by atoms with Crippen molar-refractivity contribution < 1.29 is 14.3 Å². The summed E-state index contributed by atoms with van der Waals surface area (Å²) in [5.74, 6) is -1.41. The van der Waals surface area contributed by atoms with Crippen LogP contribution in [0.3, 0.4) is 0 Å². The monoisotopic (exact) mass is 295 g/mol. The fourth-order valence-corrected chi connectivity index (χ4v) is 3.86. The van der Waals surface area contributed by atoms with Gasteiger partial charge < -0.3 is 5.11 Å². The van der Waals surface area contributed by atoms with E-state index in [9.17, 15) is 14.0 Å². The third-order valence-corrected chi connectivity index (χ3v) is 4.68. The summed E-state index contributed by atoms with van der Waals surface area (Å²) in [5.41, 5.74) is 0.524. The van der Waals surface area contributed by atoms with Crippen molar-refractivity contribution in [2.45, 2.75) is 0 Å². The number of nitrogens with zero attached hydrogens (tertiary/aromatic N) is 1. The highest BCUT2D eigenvalue weighted by molar-refractivity contribution is 7.27. The van der Waals surface area contributed by atoms with E-state index in [2.05, 4.69) is 0 Å². The molecule has 7 heteroatoms. The van der Waals surface area contributed by atoms with Crippen molar-refractivity contribution in [1.29, 1.82) is 0 Å². The fraction of sp³-hybridized carbons (Fsp3) is 0. The van der Waals surface area contributed by atoms with Crippen LogP contribution < -0.4 is 4.87 Å². The Balaban J connectivity index is 2.27. The van der Waals surface area contributed by atoms with Gasteiger partial charge in [0.2, 0.25) is 0 Å². The number of benzene rings is 1. The van der Waals surface area contributed by atoms with E-state index in [4.69, 9.17) is 5.11 Å². The molecule has 0 amide bonds. The van der Waals surface area contributed by atoms with E-state index < -0.39 is 5.97 Å². The molecule has 96 valence electrons. The third kappa shape index (κ3) is 1.96. The molecule has 0 radical (unpaired) electrons. The van der Waals surface area contributed by atoms with E-state index in [1.165, 1.54) is 34.9 Å². The van der Waals surface area contributed by atoms with Gasteiger partial charge in [-0.15, -0.1) is 11.3 Å². The minimum atomic E-state index is -1.02. The minimum absolute atomic E-state index is 0.178. The summed E-state index contributed by atoms with van der Waals surface area (Å²) in [7, 11) is 0. The number of carboxylic acid groups (broad SMARTS) is 1. The van der Waals surface area contributed by atoms with Gasteiger partial charge in [0.05, 0.1) is 10.4 Å². The van der Waals surface area contributed by atoms with E-state index in [-0.39, 0.29) is 15.6 Å². The minimum Gasteiger partial charge on any atom is -0.477 e. The van der Waals surface area contributed by atoms with Crippen molar-refractivity contribution in [2.24, 2.45) is 0 Å². The van der Waals surface area contributed by atoms with Crippen LogP contribution >= 0.6 is 22.7 Å². The third-order valence-electron chi connectivity index (χ3n) is 2.56. The molecule has 2 heterocycles. The summed E-state index contributed by atoms with van der Waals surface area (Å²) >= 11 is 2.01. The number of aromatic nitrogens is 1. The second kappa shape index (κ2) is 4.29. The molecule has 2 aromatic heterocycles. The van der Waals surface area contributed by atoms with Gasteiger partial charge in [-0.1, -0.05) is 11.3 Å². The highest BCUT2D eigenvalue weighted by Crippen LogP contribution is 2.29. The molecular formula is C12H6FNO3S2. The molecule has 0 atom stereocenters. The Morgan fingerprint density at radius 1 is 1.21 bits per heavy atom. The normalized spacial score (nSPS) is 11.0. The summed E-state index contributed by atoms with van der Waals surface area (Å²) < 4.78 is 14.9. The van der Waals surface area contributed by atoms with Crippen molar-refractivity contribution in [1.82, 2.24) is 4.57 Å². The smallest absolute Gasteiger partial charge is 0.345 e. The van der Waals surface area contributed by atoms with Crippen LogP contribution in [0.1, 0.15) is 9.67 Å². The highest BCUT2D eigenvalue weighted by Gasteiger charge is 2.16. The molecule has 0 bridgehead atoms. The highest BCUT2D eigenvalue weighted by atomic mass is 32.1. The molecule has 3 aromatic rings. The van der Waals surface area contributed by atoms with Crippen molar-refractivity contribution in [3.63, 3.8) is 0 Å². The van der Waals surface area contributed by atoms with Gasteiger partial charge in [0.15, 0.2) is 0 Å². The second-order valence-corrected chi connectivity index (χ2v) is 5.79. The van der Waals surface area contributed by atoms with Crippen LogP contribution in [0.25, 0.3) is 15.2 Å². The first-order valence-corrected chi connectivity index (χ1v) is 6.84. The molecule has 4 nitrogen and oxygen atoms in total. The molecule has 0 aliphatic heterocycles. The van der Waals surface area contributed by atoms with Crippen LogP contribution in [-0.2, 0) is 0 Å². The molecule has 19 heavy (non-hydrogen) atoms. The van der Waals surface area contributed by atoms with E-state index in [1.54, 1.807) is 0 Å². The predicted molar refractivity (Wildman–Crippen MR) is 72.2 cm³/mol. The first-order chi connectivity index (χ1) is 9.06. The Morgan fingerprint density at radius 3 is 2.53 bits per heavy atom. The van der Waals surface area contributed by atoms with Crippen molar-refractivity contribution in [2.75, 3.05) is 0 Å². The standard InChI is InChI=1S/C12H6FNO3S2/c13-6-1-3-7(4-2-6)14-10-8(19-12(14)17)5-9(18-10)11(15)16/h1-5H,(H,15,16). The van der Waals surface area contributed by atoms with Crippen LogP contribution in [0, 0.1) is 5.82 Å². The number of hydrogen-bond donors (Lipinski definition) is 1. The van der Waals surface area contributed by atoms with E-state index >= 15 is 0 Å². The summed E-state index contributed by atoms with van der Waals surface area (Å²) in [6.07, 6.45) is 0. The van der Waals surface area contributed by atoms with Gasteiger partial charge in [-0.3, -0.25) is 9.36 Å². The molecule has 1 aromatic carbocycles. The zero-order valence-corrected chi connectivity index (χ0v) is 10.9. The number of halogens is 1. The molecule has 0 aliphatic rings. The van der Waals surface area contributed by atoms with Crippen molar-refractivity contribution >= 4 is 38.2 Å². The molecular weight excluding hydrogens is 289 g/mol. The maximum Gasteiger partial charge on any atom is 0.345 e. The van der Waals surface area contributed by atoms with E-state index in [0.717, 1.165) is 22.7 Å². The Hall–Kier alpha value is -1.99. The van der Waals surface area contributed by atoms with Crippen LogP contribution in [0.2, 0.25) is 0 Å². The molecule has 0 saturated heterocycles. The fourth-order valence-electron chi connectivity index (χ4n) is 1.73. The number of hydrogen-bond acceptors (Lipinski definition) is 4. The molecule has 0 saturated carbocycles. The zero-order valence-electron chi connectivity index (χ0n) is 9.29. The van der Waals surface area contributed by atoms with Gasteiger partial charge in [-0.25, -0.2) is 9.18 Å². The first-order valence-electron chi connectivity index (χ1n) is 5.21. The lowest BCUT2D eigenvalue weighted by atomic mass is 10.3. The topological polar surface area (TPSA) is 59.3 Å². The summed E-state index contributed by atoms with van der Waals surface area (Å²) in [5, 5.41) is 8.95. The Morgan fingerprint density at radius 2 is 1.89 bits per heavy atom. The van der Waals surface area contributed by atoms with Crippen LogP contribution in [0.5, 0.6) is 0 Å². The molecule has 0 aliphatic carbocycles. The first kappa shape index (κ1) is 12.1. The second-order valence-electron chi connectivity index (χ2n) is 3.77. The van der Waals surface area contributed by atoms with Gasteiger partial charge in [0, 0.05) is 0 Å². The number of fused-ring (bicyclic) bond motifs is 1. The van der Waals surface area contributed by atoms with E-state index in [1.807, 2.05) is 0 Å². The van der Waals surface area contributed by atoms with Crippen molar-refractivity contribution in [3.05, 3.63) is 50.7 Å². The average Bonchev–Trinajstić information content (AvgIpc) is 2.87. The number of aromatic carboxylic acids is 1. The quantitative estimate of drug-likeness (QED) is 0.790. The Labute approximate surface area is 114 Å². The van der Waals surface area contributed by atoms with Crippen LogP contribution in [-0.4, -0.2) is 15.6 Å². The van der Waals surface area contributed by atoms with Gasteiger partial charge in [0.25, 0.3) is 0 Å². The van der Waals surface area contributed by atoms with Gasteiger partial charge in [-0.05, 0) is 30.3 Å². The number of rotatable bonds is 2. The van der Waals surface area contributed by atoms with Crippen molar-refractivity contribution in [3.8, 4) is 5.69 Å². The van der Waals surface area contributed by atoms with Gasteiger partial charge >= 0.3 is 10.8 Å². The van der Waals surface area contributed by atoms with Crippen LogP contribution in [0.4, 0.5) is 4.39 Å². The van der Waals surface area contributed by atoms with Gasteiger partial charge in [0.1, 0.15) is 15.5 Å². The molecule has 3 rings (SSSR count). The van der Waals surface area contributed by atoms with Gasteiger partial charge in [-0.2, -0.15) is 0 Å². The maximum atomic E-state index is 12.9.